The van der Waals surface area contributed by atoms with Crippen molar-refractivity contribution in [2.75, 3.05) is 5.73 Å². The Morgan fingerprint density at radius 1 is 1.75 bits per heavy atom. The van der Waals surface area contributed by atoms with E-state index in [1.807, 2.05) is 12.2 Å². The number of carbonyl (C=O) groups is 1. The summed E-state index contributed by atoms with van der Waals surface area (Å²) < 4.78 is 3.88. The molecule has 0 aliphatic heterocycles. The maximum Gasteiger partial charge on any atom is 0.200 e. The van der Waals surface area contributed by atoms with E-state index in [0.717, 1.165) is 24.4 Å². The summed E-state index contributed by atoms with van der Waals surface area (Å²) in [5, 5.41) is 4.03. The molecule has 16 heavy (non-hydrogen) atoms. The number of hydrogen-bond acceptors (Lipinski definition) is 7. The molecule has 1 heterocycles. The molecule has 1 atom stereocenters. The van der Waals surface area contributed by atoms with Crippen molar-refractivity contribution in [3.63, 3.8) is 0 Å². The lowest BCUT2D eigenvalue weighted by Crippen LogP contribution is -2.09. The highest BCUT2D eigenvalue weighted by Crippen LogP contribution is 2.13. The molecule has 0 radical (unpaired) electrons. The molecule has 1 aromatic heterocycles. The Kier molecular flexibility index (Phi) is 3.25. The molecule has 1 aliphatic carbocycles. The summed E-state index contributed by atoms with van der Waals surface area (Å²) in [4.78, 5) is 19.8. The topological polar surface area (TPSA) is 90.5 Å². The van der Waals surface area contributed by atoms with Crippen LogP contribution in [0.2, 0.25) is 0 Å². The van der Waals surface area contributed by atoms with Crippen molar-refractivity contribution < 1.29 is 9.63 Å². The highest BCUT2D eigenvalue weighted by Gasteiger charge is 2.13. The number of aldehydes is 1. The summed E-state index contributed by atoms with van der Waals surface area (Å²) in [7, 11) is 0. The minimum Gasteiger partial charge on any atom is -0.388 e. The molecule has 2 rings (SSSR count). The molecule has 0 saturated carbocycles. The number of rotatable bonds is 4. The van der Waals surface area contributed by atoms with Gasteiger partial charge >= 0.3 is 0 Å². The standard InChI is InChI=1S/C9H10N4O2S/c10-9-11-8(13-16-9)7(5-14)12-15-6-3-1-2-4-6/h1,3,5-6H,2,4H2,(H2,10,11,13). The molecule has 0 aromatic carbocycles. The summed E-state index contributed by atoms with van der Waals surface area (Å²) >= 11 is 1.01. The normalized spacial score (nSPS) is 20.0. The number of nitrogens with two attached hydrogens (primary N) is 1. The van der Waals surface area contributed by atoms with E-state index in [1.165, 1.54) is 0 Å². The number of nitrogens with zero attached hydrogens (tertiary/aromatic N) is 3. The Bertz CT molecular complexity index is 440. The van der Waals surface area contributed by atoms with Gasteiger partial charge in [-0.05, 0) is 18.9 Å². The summed E-state index contributed by atoms with van der Waals surface area (Å²) in [6.07, 6.45) is 6.26. The first kappa shape index (κ1) is 10.7. The van der Waals surface area contributed by atoms with E-state index < -0.39 is 0 Å². The molecule has 1 aliphatic rings. The lowest BCUT2D eigenvalue weighted by atomic mass is 10.3. The fraction of sp³-hybridized carbons (Fsp3) is 0.333. The zero-order chi connectivity index (χ0) is 11.4. The predicted molar refractivity (Wildman–Crippen MR) is 60.2 cm³/mol. The maximum absolute atomic E-state index is 10.8. The molecule has 1 unspecified atom stereocenters. The van der Waals surface area contributed by atoms with Crippen LogP contribution in [0.25, 0.3) is 0 Å². The fourth-order valence-electron chi connectivity index (χ4n) is 1.27. The van der Waals surface area contributed by atoms with Crippen LogP contribution in [0.4, 0.5) is 5.13 Å². The minimum atomic E-state index is -0.0640. The molecule has 0 amide bonds. The largest absolute Gasteiger partial charge is 0.388 e. The van der Waals surface area contributed by atoms with Crippen LogP contribution in [0.5, 0.6) is 0 Å². The zero-order valence-electron chi connectivity index (χ0n) is 8.37. The Morgan fingerprint density at radius 2 is 2.62 bits per heavy atom. The SMILES string of the molecule is Nc1nc(C(C=O)=NOC2C=CCC2)ns1. The van der Waals surface area contributed by atoms with Crippen molar-refractivity contribution in [3.05, 3.63) is 18.0 Å². The molecule has 6 nitrogen and oxygen atoms in total. The summed E-state index contributed by atoms with van der Waals surface area (Å²) in [6.45, 7) is 0. The smallest absolute Gasteiger partial charge is 0.200 e. The van der Waals surface area contributed by atoms with Gasteiger partial charge in [-0.3, -0.25) is 4.79 Å². The Balaban J connectivity index is 2.06. The molecular weight excluding hydrogens is 228 g/mol. The van der Waals surface area contributed by atoms with Gasteiger partial charge in [0.25, 0.3) is 0 Å². The van der Waals surface area contributed by atoms with Crippen LogP contribution in [0.3, 0.4) is 0 Å². The van der Waals surface area contributed by atoms with Crippen LogP contribution < -0.4 is 5.73 Å². The van der Waals surface area contributed by atoms with Crippen molar-refractivity contribution in [2.45, 2.75) is 18.9 Å². The average Bonchev–Trinajstić information content (AvgIpc) is 2.91. The van der Waals surface area contributed by atoms with Crippen LogP contribution >= 0.6 is 11.5 Å². The molecule has 7 heteroatoms. The van der Waals surface area contributed by atoms with Crippen molar-refractivity contribution in [1.82, 2.24) is 9.36 Å². The van der Waals surface area contributed by atoms with Gasteiger partial charge in [-0.25, -0.2) is 0 Å². The Morgan fingerprint density at radius 3 is 3.19 bits per heavy atom. The molecule has 0 saturated heterocycles. The van der Waals surface area contributed by atoms with Crippen molar-refractivity contribution in [1.29, 1.82) is 0 Å². The Labute approximate surface area is 96.0 Å². The van der Waals surface area contributed by atoms with E-state index in [-0.39, 0.29) is 17.6 Å². The molecular formula is C9H10N4O2S. The second kappa shape index (κ2) is 4.84. The van der Waals surface area contributed by atoms with E-state index in [2.05, 4.69) is 14.5 Å². The van der Waals surface area contributed by atoms with Crippen molar-refractivity contribution in [2.24, 2.45) is 5.16 Å². The van der Waals surface area contributed by atoms with Gasteiger partial charge < -0.3 is 10.6 Å². The molecule has 0 fully saturated rings. The van der Waals surface area contributed by atoms with Crippen LogP contribution in [0, 0.1) is 0 Å². The predicted octanol–water partition coefficient (Wildman–Crippen LogP) is 0.759. The summed E-state index contributed by atoms with van der Waals surface area (Å²) in [5.41, 5.74) is 5.47. The number of aromatic nitrogens is 2. The first-order valence-electron chi connectivity index (χ1n) is 4.75. The number of anilines is 1. The van der Waals surface area contributed by atoms with Crippen LogP contribution in [0.15, 0.2) is 17.3 Å². The highest BCUT2D eigenvalue weighted by molar-refractivity contribution is 7.09. The summed E-state index contributed by atoms with van der Waals surface area (Å²) in [5.74, 6) is 0.208. The van der Waals surface area contributed by atoms with E-state index in [0.29, 0.717) is 11.4 Å². The van der Waals surface area contributed by atoms with E-state index >= 15 is 0 Å². The van der Waals surface area contributed by atoms with E-state index in [1.54, 1.807) is 0 Å². The third-order valence-electron chi connectivity index (χ3n) is 2.04. The average molecular weight is 238 g/mol. The first-order chi connectivity index (χ1) is 7.79. The molecule has 2 N–H and O–H groups in total. The molecule has 0 bridgehead atoms. The number of hydrogen-bond donors (Lipinski definition) is 1. The number of nitrogen functional groups attached to an aromatic ring is 1. The quantitative estimate of drug-likeness (QED) is 0.362. The third-order valence-corrected chi connectivity index (χ3v) is 2.58. The van der Waals surface area contributed by atoms with Gasteiger partial charge in [0.15, 0.2) is 23.0 Å². The zero-order valence-corrected chi connectivity index (χ0v) is 9.18. The number of allylic oxidation sites excluding steroid dienone is 1. The van der Waals surface area contributed by atoms with Crippen LogP contribution in [-0.2, 0) is 9.63 Å². The van der Waals surface area contributed by atoms with E-state index in [4.69, 9.17) is 10.6 Å². The van der Waals surface area contributed by atoms with Crippen LogP contribution in [-0.4, -0.2) is 27.5 Å². The lowest BCUT2D eigenvalue weighted by Gasteiger charge is -2.04. The monoisotopic (exact) mass is 238 g/mol. The molecule has 1 aromatic rings. The van der Waals surface area contributed by atoms with Crippen LogP contribution in [0.1, 0.15) is 18.7 Å². The van der Waals surface area contributed by atoms with Gasteiger partial charge in [0, 0.05) is 11.5 Å². The number of oxime groups is 1. The lowest BCUT2D eigenvalue weighted by molar-refractivity contribution is -0.102. The van der Waals surface area contributed by atoms with Gasteiger partial charge in [0.2, 0.25) is 0 Å². The second-order valence-electron chi connectivity index (χ2n) is 3.20. The van der Waals surface area contributed by atoms with Crippen molar-refractivity contribution in [3.8, 4) is 0 Å². The molecule has 0 spiro atoms. The van der Waals surface area contributed by atoms with Gasteiger partial charge in [-0.15, -0.1) is 0 Å². The van der Waals surface area contributed by atoms with Crippen molar-refractivity contribution >= 4 is 28.7 Å². The number of carbonyl (C=O) groups excluding carboxylic acids is 1. The maximum atomic E-state index is 10.8. The van der Waals surface area contributed by atoms with Gasteiger partial charge in [0.1, 0.15) is 6.10 Å². The second-order valence-corrected chi connectivity index (χ2v) is 3.98. The minimum absolute atomic E-state index is 0.0632. The van der Waals surface area contributed by atoms with Gasteiger partial charge in [-0.1, -0.05) is 11.2 Å². The highest BCUT2D eigenvalue weighted by atomic mass is 32.1. The third kappa shape index (κ3) is 2.43. The molecule has 84 valence electrons. The first-order valence-corrected chi connectivity index (χ1v) is 5.52. The summed E-state index contributed by atoms with van der Waals surface area (Å²) in [6, 6.07) is 0. The van der Waals surface area contributed by atoms with E-state index in [9.17, 15) is 4.79 Å². The van der Waals surface area contributed by atoms with Gasteiger partial charge in [-0.2, -0.15) is 9.36 Å². The fourth-order valence-corrected chi connectivity index (χ4v) is 1.71. The van der Waals surface area contributed by atoms with Gasteiger partial charge in [0.05, 0.1) is 0 Å². The Hall–Kier alpha value is -1.76.